The topological polar surface area (TPSA) is 235 Å². The molecule has 0 spiro atoms. The number of rotatable bonds is 20. The molecule has 46 heavy (non-hydrogen) atoms. The molecule has 0 saturated heterocycles. The summed E-state index contributed by atoms with van der Waals surface area (Å²) in [5.74, 6) is -2.85. The molecular formula is C34H52N8O4. The van der Waals surface area contributed by atoms with Crippen molar-refractivity contribution in [3.63, 3.8) is 0 Å². The fourth-order valence-electron chi connectivity index (χ4n) is 5.55. The van der Waals surface area contributed by atoms with Gasteiger partial charge < -0.3 is 39.3 Å². The zero-order valence-electron chi connectivity index (χ0n) is 27.4. The van der Waals surface area contributed by atoms with Crippen LogP contribution >= 0.6 is 0 Å². The summed E-state index contributed by atoms with van der Waals surface area (Å²) in [6.07, 6.45) is 2.62. The molecule has 12 N–H and O–H groups in total. The van der Waals surface area contributed by atoms with Crippen molar-refractivity contribution in [3.8, 4) is 0 Å². The van der Waals surface area contributed by atoms with Gasteiger partial charge in [-0.05, 0) is 94.5 Å². The molecule has 0 aliphatic heterocycles. The predicted molar refractivity (Wildman–Crippen MR) is 181 cm³/mol. The number of nitrogens with one attached hydrogen (secondary N) is 2. The molecule has 252 valence electrons. The van der Waals surface area contributed by atoms with E-state index in [1.165, 1.54) is 0 Å². The van der Waals surface area contributed by atoms with Crippen LogP contribution in [0.15, 0.2) is 47.5 Å². The molecule has 12 nitrogen and oxygen atoms in total. The maximum atomic E-state index is 13.9. The number of benzene rings is 2. The highest BCUT2D eigenvalue weighted by Gasteiger charge is 2.31. The molecular weight excluding hydrogens is 584 g/mol. The van der Waals surface area contributed by atoms with Crippen molar-refractivity contribution in [2.24, 2.45) is 39.6 Å². The molecule has 0 radical (unpaired) electrons. The van der Waals surface area contributed by atoms with Crippen molar-refractivity contribution < 1.29 is 19.2 Å². The second kappa shape index (κ2) is 19.3. The summed E-state index contributed by atoms with van der Waals surface area (Å²) in [4.78, 5) is 57.1. The monoisotopic (exact) mass is 636 g/mol. The number of aryl methyl sites for hydroxylation is 3. The molecule has 12 heteroatoms. The molecule has 3 amide bonds. The number of carbonyl (C=O) groups excluding carboxylic acids is 4. The van der Waals surface area contributed by atoms with Gasteiger partial charge in [0.05, 0.1) is 12.1 Å². The minimum absolute atomic E-state index is 0.0761. The van der Waals surface area contributed by atoms with Gasteiger partial charge >= 0.3 is 0 Å². The number of ketones is 1. The standard InChI is InChI=1S/C34H52N8O4/c1-21-16-22(2)26(23(3)17-21)19-25(32(45)42-29(31(37)44)12-7-8-14-35)20-30(43)28(13-9-15-40-34(38)39)41-33(46)27(36)18-24-10-5-4-6-11-24/h4-6,10-11,16-17,25,27-29H,7-9,12-15,18-20,35-36H2,1-3H3,(H2,37,44)(H,41,46)(H,42,45)(H4,38,39,40)/t25-,27+,28-,29+/m1/s1. The molecule has 0 aliphatic carbocycles. The number of primary amides is 1. The van der Waals surface area contributed by atoms with Gasteiger partial charge in [-0.25, -0.2) is 0 Å². The minimum atomic E-state index is -0.935. The number of amides is 3. The van der Waals surface area contributed by atoms with Crippen LogP contribution in [0.25, 0.3) is 0 Å². The van der Waals surface area contributed by atoms with Crippen LogP contribution in [-0.2, 0) is 32.0 Å². The van der Waals surface area contributed by atoms with E-state index >= 15 is 0 Å². The lowest BCUT2D eigenvalue weighted by molar-refractivity contribution is -0.133. The first-order valence-corrected chi connectivity index (χ1v) is 15.9. The highest BCUT2D eigenvalue weighted by molar-refractivity contribution is 5.94. The van der Waals surface area contributed by atoms with Gasteiger partial charge in [0.2, 0.25) is 17.7 Å². The number of hydrogen-bond acceptors (Lipinski definition) is 7. The summed E-state index contributed by atoms with van der Waals surface area (Å²) < 4.78 is 0. The number of Topliss-reactive ketones (excluding diaryl/α,β-unsaturated/α-hetero) is 1. The highest BCUT2D eigenvalue weighted by Crippen LogP contribution is 2.23. The van der Waals surface area contributed by atoms with Crippen molar-refractivity contribution in [1.82, 2.24) is 10.6 Å². The normalized spacial score (nSPS) is 13.6. The maximum absolute atomic E-state index is 13.9. The lowest BCUT2D eigenvalue weighted by Crippen LogP contribution is -2.51. The van der Waals surface area contributed by atoms with Gasteiger partial charge in [0.1, 0.15) is 6.04 Å². The van der Waals surface area contributed by atoms with E-state index in [0.717, 1.165) is 27.8 Å². The van der Waals surface area contributed by atoms with Gasteiger partial charge in [0.25, 0.3) is 0 Å². The van der Waals surface area contributed by atoms with Crippen LogP contribution in [0.5, 0.6) is 0 Å². The zero-order valence-corrected chi connectivity index (χ0v) is 27.4. The first-order valence-electron chi connectivity index (χ1n) is 15.9. The number of carbonyl (C=O) groups is 4. The van der Waals surface area contributed by atoms with Crippen molar-refractivity contribution >= 4 is 29.5 Å². The van der Waals surface area contributed by atoms with Gasteiger partial charge in [0, 0.05) is 18.9 Å². The third-order valence-corrected chi connectivity index (χ3v) is 8.00. The Bertz CT molecular complexity index is 1320. The second-order valence-electron chi connectivity index (χ2n) is 12.0. The van der Waals surface area contributed by atoms with E-state index in [4.69, 9.17) is 28.7 Å². The quantitative estimate of drug-likeness (QED) is 0.0626. The molecule has 2 rings (SSSR count). The fourth-order valence-corrected chi connectivity index (χ4v) is 5.55. The van der Waals surface area contributed by atoms with Gasteiger partial charge in [-0.1, -0.05) is 48.0 Å². The summed E-state index contributed by atoms with van der Waals surface area (Å²) >= 11 is 0. The summed E-state index contributed by atoms with van der Waals surface area (Å²) in [6, 6.07) is 10.7. The number of aliphatic imine (C=N–C) groups is 1. The molecule has 2 aromatic rings. The lowest BCUT2D eigenvalue weighted by Gasteiger charge is -2.25. The molecule has 0 aromatic heterocycles. The molecule has 0 fully saturated rings. The molecule has 0 bridgehead atoms. The van der Waals surface area contributed by atoms with Crippen LogP contribution in [0.4, 0.5) is 0 Å². The van der Waals surface area contributed by atoms with Gasteiger partial charge in [0.15, 0.2) is 11.7 Å². The Kier molecular flexibility index (Phi) is 15.9. The maximum Gasteiger partial charge on any atom is 0.239 e. The first-order chi connectivity index (χ1) is 21.8. The van der Waals surface area contributed by atoms with E-state index in [-0.39, 0.29) is 44.0 Å². The lowest BCUT2D eigenvalue weighted by atomic mass is 9.86. The average molecular weight is 637 g/mol. The molecule has 4 atom stereocenters. The Hall–Kier alpha value is -4.29. The Balaban J connectivity index is 2.34. The SMILES string of the molecule is Cc1cc(C)c(C[C@H](CC(=O)[C@@H](CCCN=C(N)N)NC(=O)[C@@H](N)Cc2ccccc2)C(=O)N[C@@H](CCCCN)C(N)=O)c(C)c1. The minimum Gasteiger partial charge on any atom is -0.370 e. The second-order valence-corrected chi connectivity index (χ2v) is 12.0. The Morgan fingerprint density at radius 1 is 0.804 bits per heavy atom. The molecule has 0 unspecified atom stereocenters. The van der Waals surface area contributed by atoms with Crippen LogP contribution in [-0.4, -0.2) is 60.7 Å². The molecule has 2 aromatic carbocycles. The number of unbranched alkanes of at least 4 members (excludes halogenated alkanes) is 1. The number of hydrogen-bond donors (Lipinski definition) is 7. The summed E-state index contributed by atoms with van der Waals surface area (Å²) in [5, 5.41) is 5.60. The third-order valence-electron chi connectivity index (χ3n) is 8.00. The average Bonchev–Trinajstić information content (AvgIpc) is 2.99. The third kappa shape index (κ3) is 13.0. The largest absolute Gasteiger partial charge is 0.370 e. The number of nitrogens with two attached hydrogens (primary N) is 5. The summed E-state index contributed by atoms with van der Waals surface area (Å²) in [5.41, 5.74) is 33.3. The van der Waals surface area contributed by atoms with E-state index in [2.05, 4.69) is 15.6 Å². The first kappa shape index (κ1) is 37.9. The summed E-state index contributed by atoms with van der Waals surface area (Å²) in [7, 11) is 0. The van der Waals surface area contributed by atoms with E-state index in [9.17, 15) is 19.2 Å². The van der Waals surface area contributed by atoms with E-state index in [1.807, 2.05) is 63.2 Å². The van der Waals surface area contributed by atoms with E-state index in [1.54, 1.807) is 0 Å². The molecule has 0 saturated carbocycles. The van der Waals surface area contributed by atoms with Crippen molar-refractivity contribution in [2.45, 2.75) is 90.3 Å². The molecule has 0 aliphatic rings. The molecule has 0 heterocycles. The Labute approximate surface area is 272 Å². The Morgan fingerprint density at radius 2 is 1.41 bits per heavy atom. The predicted octanol–water partition coefficient (Wildman–Crippen LogP) is 0.937. The summed E-state index contributed by atoms with van der Waals surface area (Å²) in [6.45, 7) is 6.63. The van der Waals surface area contributed by atoms with Crippen LogP contribution in [0.3, 0.4) is 0 Å². The number of guanidine groups is 1. The number of nitrogens with zero attached hydrogens (tertiary/aromatic N) is 1. The zero-order chi connectivity index (χ0) is 34.2. The van der Waals surface area contributed by atoms with E-state index in [0.29, 0.717) is 32.2 Å². The van der Waals surface area contributed by atoms with Crippen molar-refractivity contribution in [2.75, 3.05) is 13.1 Å². The highest BCUT2D eigenvalue weighted by atomic mass is 16.2. The van der Waals surface area contributed by atoms with Crippen LogP contribution in [0.2, 0.25) is 0 Å². The van der Waals surface area contributed by atoms with Crippen molar-refractivity contribution in [3.05, 3.63) is 70.3 Å². The van der Waals surface area contributed by atoms with Crippen molar-refractivity contribution in [1.29, 1.82) is 0 Å². The van der Waals surface area contributed by atoms with Gasteiger partial charge in [-0.15, -0.1) is 0 Å². The Morgan fingerprint density at radius 3 is 2.00 bits per heavy atom. The van der Waals surface area contributed by atoms with Crippen LogP contribution in [0.1, 0.15) is 66.3 Å². The van der Waals surface area contributed by atoms with Crippen LogP contribution in [0, 0.1) is 26.7 Å². The van der Waals surface area contributed by atoms with Gasteiger partial charge in [-0.2, -0.15) is 0 Å². The smallest absolute Gasteiger partial charge is 0.239 e. The fraction of sp³-hybridized carbons (Fsp3) is 0.500. The van der Waals surface area contributed by atoms with Gasteiger partial charge in [-0.3, -0.25) is 24.2 Å². The van der Waals surface area contributed by atoms with E-state index < -0.39 is 41.8 Å². The van der Waals surface area contributed by atoms with Crippen LogP contribution < -0.4 is 39.3 Å².